The number of nitrogens with one attached hydrogen (secondary N) is 1. The Hall–Kier alpha value is -3.10. The number of carboxylic acid groups (broad SMARTS) is 1. The fourth-order valence-corrected chi connectivity index (χ4v) is 3.48. The van der Waals surface area contributed by atoms with Crippen molar-refractivity contribution in [2.75, 3.05) is 13.1 Å². The summed E-state index contributed by atoms with van der Waals surface area (Å²) in [5, 5.41) is 9.33. The number of aryl methyl sites for hydroxylation is 1. The number of likely N-dealkylation sites (tertiary alicyclic amines) is 1. The Labute approximate surface area is 159 Å². The number of hydrogen-bond donors (Lipinski definition) is 2. The Morgan fingerprint density at radius 3 is 2.43 bits per heavy atom. The normalized spacial score (nSPS) is 14.9. The van der Waals surface area contributed by atoms with Gasteiger partial charge < -0.3 is 15.0 Å². The van der Waals surface area contributed by atoms with Crippen molar-refractivity contribution in [3.8, 4) is 0 Å². The molecule has 0 spiro atoms. The van der Waals surface area contributed by atoms with Crippen LogP contribution in [0, 0.1) is 18.6 Å². The largest absolute Gasteiger partial charge is 0.477 e. The number of carboxylic acids is 1. The Morgan fingerprint density at radius 1 is 1.25 bits per heavy atom. The number of amides is 1. The highest BCUT2D eigenvalue weighted by atomic mass is 19.1. The van der Waals surface area contributed by atoms with E-state index in [1.54, 1.807) is 6.92 Å². The van der Waals surface area contributed by atoms with E-state index in [1.807, 2.05) is 0 Å². The number of H-pyrrole nitrogens is 1. The van der Waals surface area contributed by atoms with E-state index in [0.29, 0.717) is 18.7 Å². The van der Waals surface area contributed by atoms with E-state index in [0.717, 1.165) is 12.1 Å². The number of rotatable bonds is 4. The Bertz CT molecular complexity index is 961. The monoisotopic (exact) mass is 391 g/mol. The number of carbonyl (C=O) groups excluding carboxylic acids is 1. The third-order valence-corrected chi connectivity index (χ3v) is 4.90. The van der Waals surface area contributed by atoms with Crippen molar-refractivity contribution in [2.24, 2.45) is 0 Å². The highest BCUT2D eigenvalue weighted by Gasteiger charge is 2.30. The van der Waals surface area contributed by atoms with E-state index >= 15 is 0 Å². The molecule has 9 heteroatoms. The summed E-state index contributed by atoms with van der Waals surface area (Å²) in [6.45, 7) is 2.14. The average Bonchev–Trinajstić information content (AvgIpc) is 2.63. The zero-order valence-electron chi connectivity index (χ0n) is 15.2. The molecule has 0 atom stereocenters. The summed E-state index contributed by atoms with van der Waals surface area (Å²) >= 11 is 0. The van der Waals surface area contributed by atoms with Crippen LogP contribution in [0.2, 0.25) is 0 Å². The molecular weight excluding hydrogens is 372 g/mol. The molecule has 28 heavy (non-hydrogen) atoms. The number of halogens is 2. The van der Waals surface area contributed by atoms with E-state index in [-0.39, 0.29) is 42.2 Å². The maximum absolute atomic E-state index is 13.7. The van der Waals surface area contributed by atoms with E-state index in [1.165, 1.54) is 11.0 Å². The lowest BCUT2D eigenvalue weighted by atomic mass is 9.90. The number of aromatic amines is 1. The number of hydrogen-bond acceptors (Lipinski definition) is 4. The molecule has 0 saturated carbocycles. The first-order valence-electron chi connectivity index (χ1n) is 8.82. The van der Waals surface area contributed by atoms with Gasteiger partial charge in [0.2, 0.25) is 5.91 Å². The smallest absolute Gasteiger partial charge is 0.343 e. The molecule has 1 aliphatic heterocycles. The molecule has 148 valence electrons. The molecule has 1 amide bonds. The summed E-state index contributed by atoms with van der Waals surface area (Å²) in [4.78, 5) is 43.9. The molecule has 0 unspecified atom stereocenters. The standard InChI is InChI=1S/C19H19F2N3O4/c1-10-22-17(16(19(27)28)18(26)23-10)11-5-7-24(8-6-11)15(25)9-12-13(20)3-2-4-14(12)21/h2-4,11H,5-9H2,1H3,(H,27,28)(H,22,23,26). The SMILES string of the molecule is Cc1nc(C2CCN(C(=O)Cc3c(F)cccc3F)CC2)c(C(=O)O)c(=O)[nH]1. The van der Waals surface area contributed by atoms with E-state index in [2.05, 4.69) is 9.97 Å². The minimum atomic E-state index is -1.35. The van der Waals surface area contributed by atoms with Crippen LogP contribution in [0.3, 0.4) is 0 Å². The van der Waals surface area contributed by atoms with E-state index < -0.39 is 29.1 Å². The topological polar surface area (TPSA) is 103 Å². The summed E-state index contributed by atoms with van der Waals surface area (Å²) in [6.07, 6.45) is 0.426. The fraction of sp³-hybridized carbons (Fsp3) is 0.368. The lowest BCUT2D eigenvalue weighted by molar-refractivity contribution is -0.131. The lowest BCUT2D eigenvalue weighted by Gasteiger charge is -2.32. The summed E-state index contributed by atoms with van der Waals surface area (Å²) in [5.74, 6) is -3.26. The van der Waals surface area contributed by atoms with Gasteiger partial charge in [-0.25, -0.2) is 18.6 Å². The first-order chi connectivity index (χ1) is 13.3. The molecule has 0 bridgehead atoms. The predicted octanol–water partition coefficient (Wildman–Crippen LogP) is 2.00. The molecule has 1 saturated heterocycles. The number of benzene rings is 1. The third-order valence-electron chi connectivity index (χ3n) is 4.90. The Morgan fingerprint density at radius 2 is 1.86 bits per heavy atom. The lowest BCUT2D eigenvalue weighted by Crippen LogP contribution is -2.40. The van der Waals surface area contributed by atoms with Crippen molar-refractivity contribution in [3.05, 3.63) is 62.8 Å². The molecule has 2 aromatic rings. The first kappa shape index (κ1) is 19.7. The molecule has 1 aromatic carbocycles. The van der Waals surface area contributed by atoms with Gasteiger partial charge in [-0.1, -0.05) is 6.07 Å². The zero-order chi connectivity index (χ0) is 20.4. The maximum Gasteiger partial charge on any atom is 0.343 e. The van der Waals surface area contributed by atoms with Crippen LogP contribution in [0.4, 0.5) is 8.78 Å². The van der Waals surface area contributed by atoms with Gasteiger partial charge in [0.15, 0.2) is 0 Å². The predicted molar refractivity (Wildman–Crippen MR) is 95.2 cm³/mol. The van der Waals surface area contributed by atoms with Gasteiger partial charge in [-0.05, 0) is 31.9 Å². The molecular formula is C19H19F2N3O4. The van der Waals surface area contributed by atoms with Gasteiger partial charge in [-0.3, -0.25) is 9.59 Å². The van der Waals surface area contributed by atoms with Crippen LogP contribution in [0.15, 0.2) is 23.0 Å². The van der Waals surface area contributed by atoms with Gasteiger partial charge in [0.25, 0.3) is 5.56 Å². The van der Waals surface area contributed by atoms with Gasteiger partial charge >= 0.3 is 5.97 Å². The Balaban J connectivity index is 1.72. The Kier molecular flexibility index (Phi) is 5.53. The minimum Gasteiger partial charge on any atom is -0.477 e. The van der Waals surface area contributed by atoms with Gasteiger partial charge in [-0.2, -0.15) is 0 Å². The van der Waals surface area contributed by atoms with Crippen molar-refractivity contribution in [1.29, 1.82) is 0 Å². The third kappa shape index (κ3) is 3.92. The number of aromatic carboxylic acids is 1. The molecule has 3 rings (SSSR count). The quantitative estimate of drug-likeness (QED) is 0.830. The first-order valence-corrected chi connectivity index (χ1v) is 8.82. The molecule has 1 aromatic heterocycles. The van der Waals surface area contributed by atoms with Crippen LogP contribution in [0.1, 0.15) is 46.2 Å². The maximum atomic E-state index is 13.7. The van der Waals surface area contributed by atoms with Crippen LogP contribution in [-0.2, 0) is 11.2 Å². The summed E-state index contributed by atoms with van der Waals surface area (Å²) < 4.78 is 27.5. The number of carbonyl (C=O) groups is 2. The zero-order valence-corrected chi connectivity index (χ0v) is 15.2. The number of nitrogens with zero attached hydrogens (tertiary/aromatic N) is 2. The molecule has 0 radical (unpaired) electrons. The van der Waals surface area contributed by atoms with E-state index in [9.17, 15) is 28.3 Å². The van der Waals surface area contributed by atoms with Crippen molar-refractivity contribution < 1.29 is 23.5 Å². The van der Waals surface area contributed by atoms with E-state index in [4.69, 9.17) is 0 Å². The molecule has 7 nitrogen and oxygen atoms in total. The molecule has 2 heterocycles. The van der Waals surface area contributed by atoms with Crippen LogP contribution in [0.25, 0.3) is 0 Å². The molecule has 0 aliphatic carbocycles. The summed E-state index contributed by atoms with van der Waals surface area (Å²) in [6, 6.07) is 3.44. The van der Waals surface area contributed by atoms with Gasteiger partial charge in [0.1, 0.15) is 23.0 Å². The second kappa shape index (κ2) is 7.87. The molecule has 1 aliphatic rings. The second-order valence-electron chi connectivity index (χ2n) is 6.75. The van der Waals surface area contributed by atoms with Gasteiger partial charge in [-0.15, -0.1) is 0 Å². The fourth-order valence-electron chi connectivity index (χ4n) is 3.48. The van der Waals surface area contributed by atoms with Crippen LogP contribution >= 0.6 is 0 Å². The van der Waals surface area contributed by atoms with Crippen molar-refractivity contribution in [3.63, 3.8) is 0 Å². The summed E-state index contributed by atoms with van der Waals surface area (Å²) in [7, 11) is 0. The van der Waals surface area contributed by atoms with Gasteiger partial charge in [0, 0.05) is 24.6 Å². The van der Waals surface area contributed by atoms with Gasteiger partial charge in [0.05, 0.1) is 12.1 Å². The number of aromatic nitrogens is 2. The molecule has 2 N–H and O–H groups in total. The average molecular weight is 391 g/mol. The van der Waals surface area contributed by atoms with Crippen molar-refractivity contribution in [2.45, 2.75) is 32.1 Å². The van der Waals surface area contributed by atoms with Crippen LogP contribution in [-0.4, -0.2) is 44.9 Å². The van der Waals surface area contributed by atoms with Crippen LogP contribution in [0.5, 0.6) is 0 Å². The molecule has 1 fully saturated rings. The summed E-state index contributed by atoms with van der Waals surface area (Å²) in [5.41, 5.74) is -1.15. The highest BCUT2D eigenvalue weighted by Crippen LogP contribution is 2.28. The van der Waals surface area contributed by atoms with Crippen molar-refractivity contribution >= 4 is 11.9 Å². The van der Waals surface area contributed by atoms with Crippen LogP contribution < -0.4 is 5.56 Å². The minimum absolute atomic E-state index is 0.209. The highest BCUT2D eigenvalue weighted by molar-refractivity contribution is 5.88. The number of piperidine rings is 1. The van der Waals surface area contributed by atoms with Crippen molar-refractivity contribution in [1.82, 2.24) is 14.9 Å². The second-order valence-corrected chi connectivity index (χ2v) is 6.75.